The summed E-state index contributed by atoms with van der Waals surface area (Å²) in [5, 5.41) is 3.56. The van der Waals surface area contributed by atoms with Crippen LogP contribution in [0.2, 0.25) is 0 Å². The van der Waals surface area contributed by atoms with E-state index in [9.17, 15) is 0 Å². The summed E-state index contributed by atoms with van der Waals surface area (Å²) < 4.78 is 2.04. The van der Waals surface area contributed by atoms with Crippen molar-refractivity contribution in [1.82, 2.24) is 4.98 Å². The number of rotatable bonds is 4. The molecule has 100 valence electrons. The summed E-state index contributed by atoms with van der Waals surface area (Å²) in [6, 6.07) is 2.63. The zero-order chi connectivity index (χ0) is 13.0. The number of pyridine rings is 1. The van der Waals surface area contributed by atoms with Gasteiger partial charge in [0.25, 0.3) is 0 Å². The molecule has 0 spiro atoms. The van der Waals surface area contributed by atoms with E-state index in [1.807, 2.05) is 12.3 Å². The molecule has 0 unspecified atom stereocenters. The van der Waals surface area contributed by atoms with E-state index in [-0.39, 0.29) is 0 Å². The molecule has 18 heavy (non-hydrogen) atoms. The Bertz CT molecular complexity index is 387. The molecule has 0 atom stereocenters. The third kappa shape index (κ3) is 3.95. The number of hydrogen-bond donors (Lipinski definition) is 1. The molecule has 2 rings (SSSR count). The molecule has 0 amide bonds. The van der Waals surface area contributed by atoms with Gasteiger partial charge in [0, 0.05) is 16.7 Å². The third-order valence-electron chi connectivity index (χ3n) is 3.69. The van der Waals surface area contributed by atoms with Crippen molar-refractivity contribution in [2.24, 2.45) is 5.92 Å². The Hall–Kier alpha value is -0.0900. The van der Waals surface area contributed by atoms with Gasteiger partial charge in [0.1, 0.15) is 5.82 Å². The smallest absolute Gasteiger partial charge is 0.140 e. The van der Waals surface area contributed by atoms with E-state index in [1.54, 1.807) is 0 Å². The number of anilines is 1. The molecule has 1 heterocycles. The van der Waals surface area contributed by atoms with E-state index < -0.39 is 0 Å². The first-order valence-electron chi connectivity index (χ1n) is 6.76. The molecule has 0 bridgehead atoms. The van der Waals surface area contributed by atoms with Crippen molar-refractivity contribution in [2.45, 2.75) is 51.5 Å². The maximum absolute atomic E-state index is 4.42. The fourth-order valence-electron chi connectivity index (χ4n) is 2.72. The van der Waals surface area contributed by atoms with E-state index in [0.29, 0.717) is 6.04 Å². The van der Waals surface area contributed by atoms with Gasteiger partial charge >= 0.3 is 0 Å². The van der Waals surface area contributed by atoms with E-state index in [2.05, 4.69) is 49.1 Å². The monoisotopic (exact) mass is 374 g/mol. The summed E-state index contributed by atoms with van der Waals surface area (Å²) in [7, 11) is 0. The van der Waals surface area contributed by atoms with Gasteiger partial charge in [-0.3, -0.25) is 0 Å². The molecule has 0 saturated heterocycles. The molecular formula is C14H20Br2N2. The Morgan fingerprint density at radius 3 is 2.61 bits per heavy atom. The molecule has 1 saturated carbocycles. The first-order valence-corrected chi connectivity index (χ1v) is 8.35. The standard InChI is InChI=1S/C14H20Br2N2/c1-2-3-10-4-6-12(7-5-10)18-14-13(16)8-11(15)9-17-14/h8-10,12H,2-7H2,1H3,(H,17,18). The highest BCUT2D eigenvalue weighted by Crippen LogP contribution is 2.31. The molecule has 0 radical (unpaired) electrons. The van der Waals surface area contributed by atoms with Crippen molar-refractivity contribution in [3.05, 3.63) is 21.2 Å². The van der Waals surface area contributed by atoms with Crippen LogP contribution in [0.5, 0.6) is 0 Å². The molecule has 1 aliphatic rings. The Morgan fingerprint density at radius 1 is 1.28 bits per heavy atom. The highest BCUT2D eigenvalue weighted by molar-refractivity contribution is 9.11. The third-order valence-corrected chi connectivity index (χ3v) is 4.73. The van der Waals surface area contributed by atoms with E-state index in [4.69, 9.17) is 0 Å². The number of nitrogens with one attached hydrogen (secondary N) is 1. The van der Waals surface area contributed by atoms with Gasteiger partial charge in [0.2, 0.25) is 0 Å². The topological polar surface area (TPSA) is 24.9 Å². The van der Waals surface area contributed by atoms with E-state index in [1.165, 1.54) is 38.5 Å². The summed E-state index contributed by atoms with van der Waals surface area (Å²) in [5.41, 5.74) is 0. The van der Waals surface area contributed by atoms with Crippen LogP contribution >= 0.6 is 31.9 Å². The number of nitrogens with zero attached hydrogens (tertiary/aromatic N) is 1. The minimum atomic E-state index is 0.586. The number of halogens is 2. The van der Waals surface area contributed by atoms with Gasteiger partial charge in [-0.25, -0.2) is 4.98 Å². The van der Waals surface area contributed by atoms with Crippen molar-refractivity contribution < 1.29 is 0 Å². The Labute approximate surface area is 126 Å². The maximum Gasteiger partial charge on any atom is 0.140 e. The quantitative estimate of drug-likeness (QED) is 0.764. The minimum Gasteiger partial charge on any atom is -0.366 e. The zero-order valence-corrected chi connectivity index (χ0v) is 13.9. The van der Waals surface area contributed by atoms with Crippen LogP contribution < -0.4 is 5.32 Å². The Balaban J connectivity index is 1.87. The summed E-state index contributed by atoms with van der Waals surface area (Å²) >= 11 is 6.98. The summed E-state index contributed by atoms with van der Waals surface area (Å²) in [6.07, 6.45) is 9.83. The average molecular weight is 376 g/mol. The van der Waals surface area contributed by atoms with Crippen LogP contribution in [0.4, 0.5) is 5.82 Å². The van der Waals surface area contributed by atoms with Crippen LogP contribution in [0, 0.1) is 5.92 Å². The van der Waals surface area contributed by atoms with Crippen molar-refractivity contribution in [1.29, 1.82) is 0 Å². The Kier molecular flexibility index (Phi) is 5.49. The second-order valence-corrected chi connectivity index (χ2v) is 6.90. The zero-order valence-electron chi connectivity index (χ0n) is 10.8. The maximum atomic E-state index is 4.42. The molecule has 4 heteroatoms. The highest BCUT2D eigenvalue weighted by Gasteiger charge is 2.21. The fourth-order valence-corrected chi connectivity index (χ4v) is 3.82. The lowest BCUT2D eigenvalue weighted by Crippen LogP contribution is -2.26. The molecule has 0 aliphatic heterocycles. The molecule has 1 aliphatic carbocycles. The van der Waals surface area contributed by atoms with Gasteiger partial charge < -0.3 is 5.32 Å². The van der Waals surface area contributed by atoms with Crippen LogP contribution in [0.15, 0.2) is 21.2 Å². The van der Waals surface area contributed by atoms with Crippen molar-refractivity contribution >= 4 is 37.7 Å². The number of hydrogen-bond acceptors (Lipinski definition) is 2. The predicted octanol–water partition coefficient (Wildman–Crippen LogP) is 5.38. The van der Waals surface area contributed by atoms with Gasteiger partial charge in [0.15, 0.2) is 0 Å². The van der Waals surface area contributed by atoms with Crippen molar-refractivity contribution in [2.75, 3.05) is 5.32 Å². The van der Waals surface area contributed by atoms with E-state index >= 15 is 0 Å². The highest BCUT2D eigenvalue weighted by atomic mass is 79.9. The average Bonchev–Trinajstić information content (AvgIpc) is 2.35. The molecule has 0 aromatic carbocycles. The Morgan fingerprint density at radius 2 is 2.00 bits per heavy atom. The molecule has 1 fully saturated rings. The normalized spacial score (nSPS) is 23.9. The van der Waals surface area contributed by atoms with Crippen LogP contribution in [0.1, 0.15) is 45.4 Å². The first-order chi connectivity index (χ1) is 8.69. The first kappa shape index (κ1) is 14.3. The van der Waals surface area contributed by atoms with Crippen LogP contribution in [-0.2, 0) is 0 Å². The molecular weight excluding hydrogens is 356 g/mol. The largest absolute Gasteiger partial charge is 0.366 e. The second-order valence-electron chi connectivity index (χ2n) is 5.13. The summed E-state index contributed by atoms with van der Waals surface area (Å²) in [4.78, 5) is 4.42. The summed E-state index contributed by atoms with van der Waals surface area (Å²) in [6.45, 7) is 2.28. The molecule has 1 aromatic rings. The lowest BCUT2D eigenvalue weighted by Gasteiger charge is -2.29. The lowest BCUT2D eigenvalue weighted by molar-refractivity contribution is 0.318. The van der Waals surface area contributed by atoms with Gasteiger partial charge in [-0.2, -0.15) is 0 Å². The van der Waals surface area contributed by atoms with Crippen LogP contribution in [0.3, 0.4) is 0 Å². The van der Waals surface area contributed by atoms with Gasteiger partial charge in [0.05, 0.1) is 4.47 Å². The SMILES string of the molecule is CCCC1CCC(Nc2ncc(Br)cc2Br)CC1. The fraction of sp³-hybridized carbons (Fsp3) is 0.643. The van der Waals surface area contributed by atoms with Crippen molar-refractivity contribution in [3.63, 3.8) is 0 Å². The van der Waals surface area contributed by atoms with Crippen LogP contribution in [-0.4, -0.2) is 11.0 Å². The summed E-state index contributed by atoms with van der Waals surface area (Å²) in [5.74, 6) is 1.92. The van der Waals surface area contributed by atoms with Gasteiger partial charge in [-0.1, -0.05) is 19.8 Å². The minimum absolute atomic E-state index is 0.586. The van der Waals surface area contributed by atoms with Gasteiger partial charge in [-0.15, -0.1) is 0 Å². The second kappa shape index (κ2) is 6.90. The predicted molar refractivity (Wildman–Crippen MR) is 83.9 cm³/mol. The number of aromatic nitrogens is 1. The molecule has 2 nitrogen and oxygen atoms in total. The molecule has 1 aromatic heterocycles. The van der Waals surface area contributed by atoms with E-state index in [0.717, 1.165) is 20.7 Å². The van der Waals surface area contributed by atoms with Crippen LogP contribution in [0.25, 0.3) is 0 Å². The molecule has 1 N–H and O–H groups in total. The van der Waals surface area contributed by atoms with Gasteiger partial charge in [-0.05, 0) is 69.5 Å². The lowest BCUT2D eigenvalue weighted by atomic mass is 9.83. The van der Waals surface area contributed by atoms with Crippen molar-refractivity contribution in [3.8, 4) is 0 Å².